The number of rotatable bonds is 9. The summed E-state index contributed by atoms with van der Waals surface area (Å²) in [5.41, 5.74) is 2.07. The van der Waals surface area contributed by atoms with Gasteiger partial charge in [-0.3, -0.25) is 4.99 Å². The van der Waals surface area contributed by atoms with Crippen LogP contribution >= 0.6 is 11.3 Å². The van der Waals surface area contributed by atoms with Gasteiger partial charge in [-0.2, -0.15) is 0 Å². The molecular formula is C19H28N4OS. The molecule has 1 aromatic heterocycles. The maximum Gasteiger partial charge on any atom is 0.191 e. The molecule has 0 saturated carbocycles. The third-order valence-electron chi connectivity index (χ3n) is 3.78. The summed E-state index contributed by atoms with van der Waals surface area (Å²) in [5.74, 6) is 0.786. The van der Waals surface area contributed by atoms with Crippen molar-refractivity contribution in [3.8, 4) is 0 Å². The molecule has 25 heavy (non-hydrogen) atoms. The fourth-order valence-electron chi connectivity index (χ4n) is 2.42. The van der Waals surface area contributed by atoms with E-state index in [0.29, 0.717) is 13.0 Å². The molecule has 6 heteroatoms. The summed E-state index contributed by atoms with van der Waals surface area (Å²) in [6.07, 6.45) is 2.00. The highest BCUT2D eigenvalue weighted by Crippen LogP contribution is 2.15. The SMILES string of the molecule is CCNC(=NCCC(O)c1ccccc1)NCCc1csc(CC)n1. The lowest BCUT2D eigenvalue weighted by Crippen LogP contribution is -2.38. The Hall–Kier alpha value is -1.92. The van der Waals surface area contributed by atoms with E-state index in [1.54, 1.807) is 11.3 Å². The van der Waals surface area contributed by atoms with Crippen molar-refractivity contribution >= 4 is 17.3 Å². The van der Waals surface area contributed by atoms with Gasteiger partial charge in [0.25, 0.3) is 0 Å². The molecular weight excluding hydrogens is 332 g/mol. The number of aliphatic hydroxyl groups excluding tert-OH is 1. The van der Waals surface area contributed by atoms with Crippen LogP contribution in [0.4, 0.5) is 0 Å². The quantitative estimate of drug-likeness (QED) is 0.475. The standard InChI is InChI=1S/C19H28N4OS/c1-3-18-23-16(14-25-18)10-12-21-19(20-4-2)22-13-11-17(24)15-8-6-5-7-9-15/h5-9,14,17,24H,3-4,10-13H2,1-2H3,(H2,20,21,22). The Kier molecular flexibility index (Phi) is 8.42. The lowest BCUT2D eigenvalue weighted by Gasteiger charge is -2.12. The van der Waals surface area contributed by atoms with Crippen molar-refractivity contribution in [3.63, 3.8) is 0 Å². The zero-order valence-electron chi connectivity index (χ0n) is 15.0. The Balaban J connectivity index is 1.77. The van der Waals surface area contributed by atoms with Gasteiger partial charge in [0, 0.05) is 31.4 Å². The van der Waals surface area contributed by atoms with Crippen molar-refractivity contribution in [1.82, 2.24) is 15.6 Å². The zero-order chi connectivity index (χ0) is 17.9. The fraction of sp³-hybridized carbons (Fsp3) is 0.474. The number of aromatic nitrogens is 1. The number of nitrogens with zero attached hydrogens (tertiary/aromatic N) is 2. The summed E-state index contributed by atoms with van der Waals surface area (Å²) in [6, 6.07) is 9.71. The van der Waals surface area contributed by atoms with Gasteiger partial charge in [-0.1, -0.05) is 37.3 Å². The number of aryl methyl sites for hydroxylation is 1. The molecule has 0 bridgehead atoms. The van der Waals surface area contributed by atoms with Gasteiger partial charge in [0.1, 0.15) is 0 Å². The topological polar surface area (TPSA) is 69.5 Å². The Morgan fingerprint density at radius 3 is 2.72 bits per heavy atom. The van der Waals surface area contributed by atoms with Crippen LogP contribution in [0.25, 0.3) is 0 Å². The maximum absolute atomic E-state index is 10.2. The number of benzene rings is 1. The molecule has 0 aliphatic heterocycles. The van der Waals surface area contributed by atoms with Crippen LogP contribution < -0.4 is 10.6 Å². The third kappa shape index (κ3) is 6.84. The fourth-order valence-corrected chi connectivity index (χ4v) is 3.20. The number of hydrogen-bond donors (Lipinski definition) is 3. The second-order valence-corrected chi connectivity index (χ2v) is 6.68. The number of aliphatic imine (C=N–C) groups is 1. The summed E-state index contributed by atoms with van der Waals surface area (Å²) in [7, 11) is 0. The summed E-state index contributed by atoms with van der Waals surface area (Å²) < 4.78 is 0. The predicted octanol–water partition coefficient (Wildman–Crippen LogP) is 2.93. The molecule has 0 aliphatic rings. The highest BCUT2D eigenvalue weighted by atomic mass is 32.1. The summed E-state index contributed by atoms with van der Waals surface area (Å²) in [4.78, 5) is 9.12. The van der Waals surface area contributed by atoms with Crippen molar-refractivity contribution in [2.75, 3.05) is 19.6 Å². The molecule has 2 rings (SSSR count). The normalized spacial score (nSPS) is 12.8. The largest absolute Gasteiger partial charge is 0.388 e. The van der Waals surface area contributed by atoms with E-state index in [0.717, 1.165) is 43.1 Å². The highest BCUT2D eigenvalue weighted by Gasteiger charge is 2.06. The number of thiazole rings is 1. The van der Waals surface area contributed by atoms with Crippen LogP contribution in [-0.4, -0.2) is 35.7 Å². The highest BCUT2D eigenvalue weighted by molar-refractivity contribution is 7.09. The smallest absolute Gasteiger partial charge is 0.191 e. The number of nitrogens with one attached hydrogen (secondary N) is 2. The number of guanidine groups is 1. The van der Waals surface area contributed by atoms with Crippen molar-refractivity contribution in [2.24, 2.45) is 4.99 Å². The van der Waals surface area contributed by atoms with Crippen LogP contribution in [0.15, 0.2) is 40.7 Å². The third-order valence-corrected chi connectivity index (χ3v) is 4.82. The van der Waals surface area contributed by atoms with Gasteiger partial charge < -0.3 is 15.7 Å². The predicted molar refractivity (Wildman–Crippen MR) is 105 cm³/mol. The van der Waals surface area contributed by atoms with Crippen molar-refractivity contribution < 1.29 is 5.11 Å². The van der Waals surface area contributed by atoms with Crippen LogP contribution in [0.2, 0.25) is 0 Å². The van der Waals surface area contributed by atoms with Gasteiger partial charge in [0.05, 0.1) is 16.8 Å². The van der Waals surface area contributed by atoms with E-state index < -0.39 is 6.10 Å². The molecule has 0 fully saturated rings. The average molecular weight is 361 g/mol. The molecule has 1 unspecified atom stereocenters. The molecule has 0 saturated heterocycles. The van der Waals surface area contributed by atoms with Crippen LogP contribution in [0.5, 0.6) is 0 Å². The molecule has 1 heterocycles. The molecule has 1 atom stereocenters. The summed E-state index contributed by atoms with van der Waals surface area (Å²) >= 11 is 1.72. The van der Waals surface area contributed by atoms with Gasteiger partial charge in [-0.15, -0.1) is 11.3 Å². The second-order valence-electron chi connectivity index (χ2n) is 5.74. The minimum absolute atomic E-state index is 0.477. The van der Waals surface area contributed by atoms with E-state index in [1.807, 2.05) is 37.3 Å². The molecule has 0 radical (unpaired) electrons. The first kappa shape index (κ1) is 19.4. The van der Waals surface area contributed by atoms with Gasteiger partial charge in [0.2, 0.25) is 0 Å². The van der Waals surface area contributed by atoms with E-state index in [4.69, 9.17) is 0 Å². The monoisotopic (exact) mass is 360 g/mol. The molecule has 2 aromatic rings. The molecule has 0 spiro atoms. The molecule has 3 N–H and O–H groups in total. The lowest BCUT2D eigenvalue weighted by molar-refractivity contribution is 0.170. The van der Waals surface area contributed by atoms with E-state index in [9.17, 15) is 5.11 Å². The first-order valence-corrected chi connectivity index (χ1v) is 9.79. The van der Waals surface area contributed by atoms with Crippen molar-refractivity contribution in [3.05, 3.63) is 52.0 Å². The Morgan fingerprint density at radius 2 is 2.04 bits per heavy atom. The van der Waals surface area contributed by atoms with Crippen LogP contribution in [0.3, 0.4) is 0 Å². The van der Waals surface area contributed by atoms with E-state index in [1.165, 1.54) is 5.01 Å². The Bertz CT molecular complexity index is 642. The first-order valence-electron chi connectivity index (χ1n) is 8.91. The van der Waals surface area contributed by atoms with Crippen LogP contribution in [0.1, 0.15) is 42.6 Å². The first-order chi connectivity index (χ1) is 12.2. The zero-order valence-corrected chi connectivity index (χ0v) is 15.9. The maximum atomic E-state index is 10.2. The van der Waals surface area contributed by atoms with E-state index >= 15 is 0 Å². The van der Waals surface area contributed by atoms with Crippen molar-refractivity contribution in [1.29, 1.82) is 0 Å². The molecule has 5 nitrogen and oxygen atoms in total. The van der Waals surface area contributed by atoms with Crippen LogP contribution in [-0.2, 0) is 12.8 Å². The van der Waals surface area contributed by atoms with Gasteiger partial charge in [0.15, 0.2) is 5.96 Å². The molecule has 0 aliphatic carbocycles. The summed E-state index contributed by atoms with van der Waals surface area (Å²) in [6.45, 7) is 6.34. The summed E-state index contributed by atoms with van der Waals surface area (Å²) in [5, 5.41) is 20.1. The van der Waals surface area contributed by atoms with E-state index in [-0.39, 0.29) is 0 Å². The minimum atomic E-state index is -0.477. The lowest BCUT2D eigenvalue weighted by atomic mass is 10.1. The van der Waals surface area contributed by atoms with Gasteiger partial charge >= 0.3 is 0 Å². The molecule has 1 aromatic carbocycles. The Labute approximate surface area is 154 Å². The number of hydrogen-bond acceptors (Lipinski definition) is 4. The number of aliphatic hydroxyl groups is 1. The average Bonchev–Trinajstić information content (AvgIpc) is 3.10. The second kappa shape index (κ2) is 10.8. The molecule has 0 amide bonds. The van der Waals surface area contributed by atoms with Gasteiger partial charge in [-0.25, -0.2) is 4.98 Å². The van der Waals surface area contributed by atoms with Crippen molar-refractivity contribution in [2.45, 2.75) is 39.2 Å². The van der Waals surface area contributed by atoms with E-state index in [2.05, 4.69) is 32.9 Å². The van der Waals surface area contributed by atoms with Crippen LogP contribution in [0, 0.1) is 0 Å². The Morgan fingerprint density at radius 1 is 1.24 bits per heavy atom. The van der Waals surface area contributed by atoms with Gasteiger partial charge in [-0.05, 0) is 25.3 Å². The minimum Gasteiger partial charge on any atom is -0.388 e. The molecule has 136 valence electrons.